The third-order valence-electron chi connectivity index (χ3n) is 3.30. The number of phenolic OH excluding ortho intramolecular Hbond substituents is 1. The molecule has 1 aromatic carbocycles. The Kier molecular flexibility index (Phi) is 4.04. The highest BCUT2D eigenvalue weighted by molar-refractivity contribution is 6.39. The van der Waals surface area contributed by atoms with Gasteiger partial charge < -0.3 is 15.7 Å². The number of phenols is 1. The summed E-state index contributed by atoms with van der Waals surface area (Å²) in [6.07, 6.45) is 4.03. The van der Waals surface area contributed by atoms with E-state index in [9.17, 15) is 14.7 Å². The molecule has 3 N–H and O–H groups in total. The molecule has 0 aliphatic heterocycles. The molecule has 1 fully saturated rings. The Morgan fingerprint density at radius 2 is 1.89 bits per heavy atom. The number of anilines is 1. The Hall–Kier alpha value is -2.04. The lowest BCUT2D eigenvalue weighted by Crippen LogP contribution is -2.40. The predicted molar refractivity (Wildman–Crippen MR) is 71.9 cm³/mol. The zero-order valence-electron chi connectivity index (χ0n) is 10.9. The van der Waals surface area contributed by atoms with Crippen molar-refractivity contribution in [2.75, 3.05) is 5.32 Å². The van der Waals surface area contributed by atoms with Crippen molar-refractivity contribution >= 4 is 17.5 Å². The van der Waals surface area contributed by atoms with Crippen molar-refractivity contribution in [2.45, 2.75) is 38.6 Å². The summed E-state index contributed by atoms with van der Waals surface area (Å²) >= 11 is 0. The van der Waals surface area contributed by atoms with Crippen LogP contribution in [0.15, 0.2) is 18.2 Å². The van der Waals surface area contributed by atoms with Gasteiger partial charge in [0.25, 0.3) is 0 Å². The molecule has 5 heteroatoms. The predicted octanol–water partition coefficient (Wildman–Crippen LogP) is 1.70. The minimum Gasteiger partial charge on any atom is -0.506 e. The molecule has 0 spiro atoms. The van der Waals surface area contributed by atoms with E-state index in [0.717, 1.165) is 31.2 Å². The lowest BCUT2D eigenvalue weighted by molar-refractivity contribution is -0.136. The molecule has 0 bridgehead atoms. The van der Waals surface area contributed by atoms with Gasteiger partial charge in [0.05, 0.1) is 5.69 Å². The van der Waals surface area contributed by atoms with Crippen LogP contribution in [0.25, 0.3) is 0 Å². The quantitative estimate of drug-likeness (QED) is 0.560. The van der Waals surface area contributed by atoms with Crippen molar-refractivity contribution in [3.63, 3.8) is 0 Å². The third-order valence-corrected chi connectivity index (χ3v) is 3.30. The van der Waals surface area contributed by atoms with Crippen molar-refractivity contribution < 1.29 is 14.7 Å². The fourth-order valence-corrected chi connectivity index (χ4v) is 2.25. The maximum atomic E-state index is 11.7. The zero-order valence-corrected chi connectivity index (χ0v) is 10.9. The number of amides is 2. The second-order valence-electron chi connectivity index (χ2n) is 4.93. The van der Waals surface area contributed by atoms with E-state index in [2.05, 4.69) is 10.6 Å². The van der Waals surface area contributed by atoms with Crippen LogP contribution in [0, 0.1) is 6.92 Å². The lowest BCUT2D eigenvalue weighted by Gasteiger charge is -2.12. The lowest BCUT2D eigenvalue weighted by atomic mass is 10.2. The van der Waals surface area contributed by atoms with E-state index in [1.165, 1.54) is 6.07 Å². The first kappa shape index (κ1) is 13.4. The molecule has 0 radical (unpaired) electrons. The van der Waals surface area contributed by atoms with E-state index >= 15 is 0 Å². The van der Waals surface area contributed by atoms with Crippen LogP contribution in [-0.2, 0) is 9.59 Å². The highest BCUT2D eigenvalue weighted by Crippen LogP contribution is 2.23. The smallest absolute Gasteiger partial charge is 0.313 e. The van der Waals surface area contributed by atoms with Gasteiger partial charge in [-0.15, -0.1) is 0 Å². The minimum atomic E-state index is -0.744. The second-order valence-corrected chi connectivity index (χ2v) is 4.93. The Morgan fingerprint density at radius 1 is 1.21 bits per heavy atom. The number of nitrogens with one attached hydrogen (secondary N) is 2. The summed E-state index contributed by atoms with van der Waals surface area (Å²) in [6.45, 7) is 1.83. The van der Waals surface area contributed by atoms with Crippen molar-refractivity contribution in [2.24, 2.45) is 0 Å². The molecule has 1 aliphatic carbocycles. The molecular formula is C14H18N2O3. The molecule has 1 aromatic rings. The van der Waals surface area contributed by atoms with E-state index in [-0.39, 0.29) is 17.5 Å². The van der Waals surface area contributed by atoms with E-state index in [1.54, 1.807) is 12.1 Å². The Balaban J connectivity index is 1.94. The summed E-state index contributed by atoms with van der Waals surface area (Å²) in [5, 5.41) is 14.8. The molecule has 1 saturated carbocycles. The maximum Gasteiger partial charge on any atom is 0.313 e. The third kappa shape index (κ3) is 3.47. The van der Waals surface area contributed by atoms with Crippen LogP contribution in [0.1, 0.15) is 31.2 Å². The van der Waals surface area contributed by atoms with Crippen LogP contribution < -0.4 is 10.6 Å². The molecule has 0 heterocycles. The fourth-order valence-electron chi connectivity index (χ4n) is 2.25. The zero-order chi connectivity index (χ0) is 13.8. The van der Waals surface area contributed by atoms with E-state index in [0.29, 0.717) is 0 Å². The highest BCUT2D eigenvalue weighted by Gasteiger charge is 2.21. The molecule has 1 aliphatic rings. The Bertz CT molecular complexity index is 493. The summed E-state index contributed by atoms with van der Waals surface area (Å²) in [6, 6.07) is 4.96. The molecule has 2 amide bonds. The molecule has 5 nitrogen and oxygen atoms in total. The van der Waals surface area contributed by atoms with Crippen molar-refractivity contribution in [1.82, 2.24) is 5.32 Å². The molecule has 0 atom stereocenters. The Labute approximate surface area is 112 Å². The summed E-state index contributed by atoms with van der Waals surface area (Å²) in [5.74, 6) is -1.43. The number of aromatic hydroxyl groups is 1. The van der Waals surface area contributed by atoms with Crippen LogP contribution in [0.4, 0.5) is 5.69 Å². The van der Waals surface area contributed by atoms with E-state index in [1.807, 2.05) is 6.92 Å². The molecule has 19 heavy (non-hydrogen) atoms. The summed E-state index contributed by atoms with van der Waals surface area (Å²) in [7, 11) is 0. The van der Waals surface area contributed by atoms with Gasteiger partial charge >= 0.3 is 11.8 Å². The highest BCUT2D eigenvalue weighted by atomic mass is 16.3. The van der Waals surface area contributed by atoms with Gasteiger partial charge in [-0.2, -0.15) is 0 Å². The summed E-state index contributed by atoms with van der Waals surface area (Å²) in [4.78, 5) is 23.4. The maximum absolute atomic E-state index is 11.7. The molecule has 0 unspecified atom stereocenters. The molecule has 2 rings (SSSR count). The van der Waals surface area contributed by atoms with Gasteiger partial charge in [0.15, 0.2) is 0 Å². The normalized spacial score (nSPS) is 15.2. The number of aryl methyl sites for hydroxylation is 1. The van der Waals surface area contributed by atoms with Gasteiger partial charge in [0, 0.05) is 6.04 Å². The minimum absolute atomic E-state index is 0.0398. The average Bonchev–Trinajstić information content (AvgIpc) is 2.85. The van der Waals surface area contributed by atoms with Crippen LogP contribution in [0.3, 0.4) is 0 Å². The fraction of sp³-hybridized carbons (Fsp3) is 0.429. The SMILES string of the molecule is Cc1ccc(NC(=O)C(=O)NC2CCCC2)c(O)c1. The first-order valence-corrected chi connectivity index (χ1v) is 6.48. The van der Waals surface area contributed by atoms with E-state index in [4.69, 9.17) is 0 Å². The van der Waals surface area contributed by atoms with Crippen molar-refractivity contribution in [1.29, 1.82) is 0 Å². The van der Waals surface area contributed by atoms with Crippen LogP contribution in [0.2, 0.25) is 0 Å². The van der Waals surface area contributed by atoms with Gasteiger partial charge in [-0.25, -0.2) is 0 Å². The molecule has 102 valence electrons. The first-order chi connectivity index (χ1) is 9.06. The van der Waals surface area contributed by atoms with Gasteiger partial charge in [0.2, 0.25) is 0 Å². The topological polar surface area (TPSA) is 78.4 Å². The van der Waals surface area contributed by atoms with Gasteiger partial charge in [-0.1, -0.05) is 18.9 Å². The van der Waals surface area contributed by atoms with Crippen LogP contribution in [0.5, 0.6) is 5.75 Å². The number of hydrogen-bond acceptors (Lipinski definition) is 3. The van der Waals surface area contributed by atoms with Gasteiger partial charge in [-0.3, -0.25) is 9.59 Å². The Morgan fingerprint density at radius 3 is 2.53 bits per heavy atom. The van der Waals surface area contributed by atoms with Gasteiger partial charge in [0.1, 0.15) is 5.75 Å². The number of carbonyl (C=O) groups is 2. The molecule has 0 saturated heterocycles. The average molecular weight is 262 g/mol. The van der Waals surface area contributed by atoms with Crippen LogP contribution >= 0.6 is 0 Å². The molecule has 0 aromatic heterocycles. The first-order valence-electron chi connectivity index (χ1n) is 6.48. The monoisotopic (exact) mass is 262 g/mol. The van der Waals surface area contributed by atoms with Crippen molar-refractivity contribution in [3.05, 3.63) is 23.8 Å². The van der Waals surface area contributed by atoms with Crippen molar-refractivity contribution in [3.8, 4) is 5.75 Å². The second kappa shape index (κ2) is 5.73. The van der Waals surface area contributed by atoms with Crippen LogP contribution in [-0.4, -0.2) is 23.0 Å². The number of rotatable bonds is 2. The number of benzene rings is 1. The largest absolute Gasteiger partial charge is 0.506 e. The van der Waals surface area contributed by atoms with Gasteiger partial charge in [-0.05, 0) is 37.5 Å². The van der Waals surface area contributed by atoms with E-state index < -0.39 is 11.8 Å². The summed E-state index contributed by atoms with van der Waals surface area (Å²) < 4.78 is 0. The summed E-state index contributed by atoms with van der Waals surface area (Å²) in [5.41, 5.74) is 1.13. The number of carbonyl (C=O) groups excluding carboxylic acids is 2. The standard InChI is InChI=1S/C14H18N2O3/c1-9-6-7-11(12(17)8-9)16-14(19)13(18)15-10-4-2-3-5-10/h6-8,10,17H,2-5H2,1H3,(H,15,18)(H,16,19). The number of hydrogen-bond donors (Lipinski definition) is 3. The molecular weight excluding hydrogens is 244 g/mol.